The summed E-state index contributed by atoms with van der Waals surface area (Å²) in [4.78, 5) is 35.2. The topological polar surface area (TPSA) is 84.5 Å². The number of hydrogen-bond donors (Lipinski definition) is 2. The number of halogens is 1. The molecule has 0 aliphatic rings. The molecule has 27 heavy (non-hydrogen) atoms. The largest absolute Gasteiger partial charge is 0.456 e. The Morgan fingerprint density at radius 3 is 2.33 bits per heavy atom. The summed E-state index contributed by atoms with van der Waals surface area (Å²) in [7, 11) is 0. The summed E-state index contributed by atoms with van der Waals surface area (Å²) >= 11 is 6.01. The molecular formula is C20H21ClN2O4. The van der Waals surface area contributed by atoms with Crippen LogP contribution in [0.15, 0.2) is 48.5 Å². The Labute approximate surface area is 162 Å². The van der Waals surface area contributed by atoms with Gasteiger partial charge in [-0.15, -0.1) is 0 Å². The van der Waals surface area contributed by atoms with Crippen molar-refractivity contribution in [2.45, 2.75) is 26.2 Å². The van der Waals surface area contributed by atoms with Crippen molar-refractivity contribution in [1.82, 2.24) is 0 Å². The van der Waals surface area contributed by atoms with Crippen molar-refractivity contribution in [2.24, 2.45) is 0 Å². The molecule has 2 N–H and O–H groups in total. The van der Waals surface area contributed by atoms with Gasteiger partial charge in [0.05, 0.1) is 0 Å². The summed E-state index contributed by atoms with van der Waals surface area (Å²) in [6, 6.07) is 14.1. The number of ether oxygens (including phenoxy) is 1. The van der Waals surface area contributed by atoms with Crippen molar-refractivity contribution in [3.63, 3.8) is 0 Å². The van der Waals surface area contributed by atoms with Gasteiger partial charge in [0, 0.05) is 29.2 Å². The molecule has 2 amide bonds. The van der Waals surface area contributed by atoms with Crippen molar-refractivity contribution < 1.29 is 19.1 Å². The Kier molecular flexibility index (Phi) is 7.82. The maximum atomic E-state index is 11.9. The highest BCUT2D eigenvalue weighted by atomic mass is 35.5. The summed E-state index contributed by atoms with van der Waals surface area (Å²) in [6.45, 7) is 1.52. The second-order valence-electron chi connectivity index (χ2n) is 5.94. The summed E-state index contributed by atoms with van der Waals surface area (Å²) in [5.41, 5.74) is 2.16. The van der Waals surface area contributed by atoms with Crippen LogP contribution >= 0.6 is 11.6 Å². The molecular weight excluding hydrogens is 368 g/mol. The minimum atomic E-state index is -0.524. The Morgan fingerprint density at radius 1 is 0.926 bits per heavy atom. The van der Waals surface area contributed by atoms with E-state index in [1.165, 1.54) is 0 Å². The number of esters is 1. The van der Waals surface area contributed by atoms with E-state index < -0.39 is 11.9 Å². The van der Waals surface area contributed by atoms with Crippen LogP contribution in [0, 0.1) is 6.92 Å². The van der Waals surface area contributed by atoms with Crippen LogP contribution in [0.4, 0.5) is 11.4 Å². The van der Waals surface area contributed by atoms with Crippen LogP contribution in [0.3, 0.4) is 0 Å². The number of rotatable bonds is 8. The number of para-hydroxylation sites is 1. The van der Waals surface area contributed by atoms with Gasteiger partial charge in [-0.1, -0.05) is 35.9 Å². The fourth-order valence-corrected chi connectivity index (χ4v) is 2.40. The molecule has 6 nitrogen and oxygen atoms in total. The van der Waals surface area contributed by atoms with E-state index in [0.29, 0.717) is 22.8 Å². The van der Waals surface area contributed by atoms with Crippen molar-refractivity contribution in [3.05, 3.63) is 59.1 Å². The molecule has 0 heterocycles. The molecule has 0 radical (unpaired) electrons. The quantitative estimate of drug-likeness (QED) is 0.671. The molecule has 7 heteroatoms. The molecule has 2 aromatic rings. The first kappa shape index (κ1) is 20.5. The van der Waals surface area contributed by atoms with Crippen LogP contribution in [-0.4, -0.2) is 24.4 Å². The molecule has 2 aromatic carbocycles. The van der Waals surface area contributed by atoms with Crippen molar-refractivity contribution in [3.8, 4) is 0 Å². The Balaban J connectivity index is 1.63. The first-order valence-corrected chi connectivity index (χ1v) is 8.88. The maximum Gasteiger partial charge on any atom is 0.306 e. The predicted molar refractivity (Wildman–Crippen MR) is 105 cm³/mol. The molecule has 0 unspecified atom stereocenters. The molecule has 0 aliphatic carbocycles. The van der Waals surface area contributed by atoms with Gasteiger partial charge in [0.2, 0.25) is 5.91 Å². The van der Waals surface area contributed by atoms with Crippen molar-refractivity contribution >= 4 is 40.8 Å². The minimum absolute atomic E-state index is 0.0562. The smallest absolute Gasteiger partial charge is 0.306 e. The highest BCUT2D eigenvalue weighted by Gasteiger charge is 2.10. The predicted octanol–water partition coefficient (Wildman–Crippen LogP) is 3.94. The van der Waals surface area contributed by atoms with Crippen LogP contribution in [0.5, 0.6) is 0 Å². The van der Waals surface area contributed by atoms with Gasteiger partial charge in [0.25, 0.3) is 5.91 Å². The number of carbonyl (C=O) groups excluding carboxylic acids is 3. The third-order valence-corrected chi connectivity index (χ3v) is 4.07. The van der Waals surface area contributed by atoms with E-state index >= 15 is 0 Å². The molecule has 0 aromatic heterocycles. The summed E-state index contributed by atoms with van der Waals surface area (Å²) in [5.74, 6) is -1.16. The minimum Gasteiger partial charge on any atom is -0.456 e. The van der Waals surface area contributed by atoms with Gasteiger partial charge in [-0.2, -0.15) is 0 Å². The van der Waals surface area contributed by atoms with Crippen LogP contribution < -0.4 is 10.6 Å². The van der Waals surface area contributed by atoms with E-state index in [-0.39, 0.29) is 25.4 Å². The summed E-state index contributed by atoms with van der Waals surface area (Å²) in [5, 5.41) is 5.91. The SMILES string of the molecule is Cc1ccc(NC(=O)CCCC(=O)OCC(=O)Nc2ccccc2)cc1Cl. The Hall–Kier alpha value is -2.86. The van der Waals surface area contributed by atoms with E-state index in [1.807, 2.05) is 19.1 Å². The average molecular weight is 389 g/mol. The lowest BCUT2D eigenvalue weighted by molar-refractivity contribution is -0.147. The van der Waals surface area contributed by atoms with Gasteiger partial charge in [-0.05, 0) is 43.2 Å². The fraction of sp³-hybridized carbons (Fsp3) is 0.250. The first-order valence-electron chi connectivity index (χ1n) is 8.50. The number of hydrogen-bond acceptors (Lipinski definition) is 4. The zero-order valence-corrected chi connectivity index (χ0v) is 15.7. The van der Waals surface area contributed by atoms with Crippen LogP contribution in [0.25, 0.3) is 0 Å². The molecule has 0 atom stereocenters. The zero-order chi connectivity index (χ0) is 19.6. The third kappa shape index (κ3) is 7.50. The van der Waals surface area contributed by atoms with E-state index in [1.54, 1.807) is 36.4 Å². The molecule has 0 saturated carbocycles. The molecule has 0 saturated heterocycles. The summed E-state index contributed by atoms with van der Waals surface area (Å²) < 4.78 is 4.90. The van der Waals surface area contributed by atoms with Gasteiger partial charge in [0.15, 0.2) is 6.61 Å². The molecule has 142 valence electrons. The molecule has 0 fully saturated rings. The van der Waals surface area contributed by atoms with Gasteiger partial charge < -0.3 is 15.4 Å². The lowest BCUT2D eigenvalue weighted by Gasteiger charge is -2.08. The van der Waals surface area contributed by atoms with E-state index in [2.05, 4.69) is 10.6 Å². The highest BCUT2D eigenvalue weighted by molar-refractivity contribution is 6.31. The van der Waals surface area contributed by atoms with E-state index in [9.17, 15) is 14.4 Å². The normalized spacial score (nSPS) is 10.1. The van der Waals surface area contributed by atoms with Crippen LogP contribution in [0.1, 0.15) is 24.8 Å². The third-order valence-electron chi connectivity index (χ3n) is 3.66. The number of aryl methyl sites for hydroxylation is 1. The lowest BCUT2D eigenvalue weighted by Crippen LogP contribution is -2.21. The Morgan fingerprint density at radius 2 is 1.63 bits per heavy atom. The van der Waals surface area contributed by atoms with Crippen molar-refractivity contribution in [2.75, 3.05) is 17.2 Å². The number of nitrogens with one attached hydrogen (secondary N) is 2. The van der Waals surface area contributed by atoms with Crippen LogP contribution in [0.2, 0.25) is 5.02 Å². The van der Waals surface area contributed by atoms with E-state index in [0.717, 1.165) is 5.56 Å². The zero-order valence-electron chi connectivity index (χ0n) is 15.0. The second kappa shape index (κ2) is 10.3. The number of carbonyl (C=O) groups is 3. The van der Waals surface area contributed by atoms with Crippen LogP contribution in [-0.2, 0) is 19.1 Å². The van der Waals surface area contributed by atoms with E-state index in [4.69, 9.17) is 16.3 Å². The second-order valence-corrected chi connectivity index (χ2v) is 6.35. The monoisotopic (exact) mass is 388 g/mol. The van der Waals surface area contributed by atoms with Gasteiger partial charge >= 0.3 is 5.97 Å². The van der Waals surface area contributed by atoms with Gasteiger partial charge in [-0.3, -0.25) is 14.4 Å². The number of anilines is 2. The number of benzene rings is 2. The molecule has 2 rings (SSSR count). The van der Waals surface area contributed by atoms with Gasteiger partial charge in [-0.25, -0.2) is 0 Å². The fourth-order valence-electron chi connectivity index (χ4n) is 2.22. The molecule has 0 bridgehead atoms. The summed E-state index contributed by atoms with van der Waals surface area (Å²) in [6.07, 6.45) is 0.544. The van der Waals surface area contributed by atoms with Gasteiger partial charge in [0.1, 0.15) is 0 Å². The average Bonchev–Trinajstić information content (AvgIpc) is 2.64. The maximum absolute atomic E-state index is 11.9. The first-order chi connectivity index (χ1) is 12.9. The van der Waals surface area contributed by atoms with Crippen molar-refractivity contribution in [1.29, 1.82) is 0 Å². The number of amides is 2. The highest BCUT2D eigenvalue weighted by Crippen LogP contribution is 2.20. The Bertz CT molecular complexity index is 809. The standard InChI is InChI=1S/C20H21ClN2O4/c1-14-10-11-16(12-17(14)21)23-18(24)8-5-9-20(26)27-13-19(25)22-15-6-3-2-4-7-15/h2-4,6-7,10-12H,5,8-9,13H2,1H3,(H,22,25)(H,23,24). The lowest BCUT2D eigenvalue weighted by atomic mass is 10.2. The molecule has 0 aliphatic heterocycles. The molecule has 0 spiro atoms.